The van der Waals surface area contributed by atoms with Crippen LogP contribution < -0.4 is 16.4 Å². The Hall–Kier alpha value is -2.11. The normalized spacial score (nSPS) is 12.5. The average molecular weight is 504 g/mol. The van der Waals surface area contributed by atoms with Gasteiger partial charge >= 0.3 is 11.9 Å². The van der Waals surface area contributed by atoms with E-state index in [9.17, 15) is 19.2 Å². The summed E-state index contributed by atoms with van der Waals surface area (Å²) < 4.78 is 5.73. The van der Waals surface area contributed by atoms with Crippen LogP contribution in [0.25, 0.3) is 0 Å². The summed E-state index contributed by atoms with van der Waals surface area (Å²) in [4.78, 5) is 46.8. The number of nitrogens with one attached hydrogen (secondary N) is 2. The lowest BCUT2D eigenvalue weighted by Gasteiger charge is -2.18. The molecule has 0 aliphatic carbocycles. The fourth-order valence-electron chi connectivity index (χ4n) is 2.23. The van der Waals surface area contributed by atoms with E-state index in [2.05, 4.69) is 26.6 Å². The quantitative estimate of drug-likeness (QED) is 0.291. The highest BCUT2D eigenvalue weighted by Gasteiger charge is 2.22. The highest BCUT2D eigenvalue weighted by molar-refractivity contribution is 9.10. The molecule has 0 spiro atoms. The van der Waals surface area contributed by atoms with E-state index in [1.54, 1.807) is 6.92 Å². The number of carboxylic acids is 1. The topological polar surface area (TPSA) is 148 Å². The van der Waals surface area contributed by atoms with Crippen LogP contribution in [0.5, 0.6) is 0 Å². The highest BCUT2D eigenvalue weighted by Crippen LogP contribution is 2.16. The predicted molar refractivity (Wildman–Crippen MR) is 117 cm³/mol. The van der Waals surface area contributed by atoms with Crippen molar-refractivity contribution in [2.45, 2.75) is 37.6 Å². The van der Waals surface area contributed by atoms with Gasteiger partial charge < -0.3 is 26.2 Å². The first kappa shape index (κ1) is 25.9. The molecule has 5 N–H and O–H groups in total. The zero-order chi connectivity index (χ0) is 22.5. The number of rotatable bonds is 13. The first-order valence-electron chi connectivity index (χ1n) is 9.26. The minimum Gasteiger partial charge on any atom is -0.480 e. The van der Waals surface area contributed by atoms with Gasteiger partial charge in [0, 0.05) is 22.4 Å². The third-order valence-electron chi connectivity index (χ3n) is 3.83. The molecule has 1 rings (SSSR count). The molecule has 0 unspecified atom stereocenters. The molecule has 0 fully saturated rings. The fraction of sp³-hybridized carbons (Fsp3) is 0.474. The number of aliphatic carboxylic acids is 1. The Morgan fingerprint density at radius 1 is 1.23 bits per heavy atom. The largest absolute Gasteiger partial charge is 0.480 e. The molecule has 11 heteroatoms. The average Bonchev–Trinajstić information content (AvgIpc) is 2.71. The minimum atomic E-state index is -1.20. The number of hydrogen-bond acceptors (Lipinski definition) is 7. The van der Waals surface area contributed by atoms with E-state index in [4.69, 9.17) is 15.6 Å². The smallest absolute Gasteiger partial charge is 0.325 e. The van der Waals surface area contributed by atoms with Crippen LogP contribution in [-0.4, -0.2) is 59.8 Å². The molecule has 1 aromatic carbocycles. The number of amides is 2. The van der Waals surface area contributed by atoms with Gasteiger partial charge in [-0.25, -0.2) is 0 Å². The van der Waals surface area contributed by atoms with Crippen LogP contribution in [0, 0.1) is 0 Å². The van der Waals surface area contributed by atoms with Crippen LogP contribution in [0.2, 0.25) is 0 Å². The maximum Gasteiger partial charge on any atom is 0.325 e. The van der Waals surface area contributed by atoms with Crippen molar-refractivity contribution < 1.29 is 29.0 Å². The highest BCUT2D eigenvalue weighted by atomic mass is 79.9. The zero-order valence-electron chi connectivity index (χ0n) is 16.6. The minimum absolute atomic E-state index is 0.0512. The van der Waals surface area contributed by atoms with E-state index >= 15 is 0 Å². The van der Waals surface area contributed by atoms with Crippen molar-refractivity contribution in [3.8, 4) is 0 Å². The lowest BCUT2D eigenvalue weighted by Crippen LogP contribution is -2.49. The van der Waals surface area contributed by atoms with Gasteiger partial charge in [0.25, 0.3) is 0 Å². The number of thioether (sulfide) groups is 1. The number of benzene rings is 1. The second kappa shape index (κ2) is 14.0. The summed E-state index contributed by atoms with van der Waals surface area (Å²) in [7, 11) is 0. The van der Waals surface area contributed by atoms with Gasteiger partial charge in [0.2, 0.25) is 11.8 Å². The van der Waals surface area contributed by atoms with Crippen molar-refractivity contribution >= 4 is 51.4 Å². The molecule has 1 aromatic rings. The number of hydrogen-bond donors (Lipinski definition) is 4. The summed E-state index contributed by atoms with van der Waals surface area (Å²) in [6, 6.07) is 5.66. The molecular weight excluding hydrogens is 478 g/mol. The number of carbonyl (C=O) groups excluding carboxylic acids is 3. The molecule has 0 radical (unpaired) electrons. The molecule has 0 saturated carbocycles. The van der Waals surface area contributed by atoms with Crippen LogP contribution in [0.4, 0.5) is 0 Å². The lowest BCUT2D eigenvalue weighted by molar-refractivity contribution is -0.143. The van der Waals surface area contributed by atoms with E-state index < -0.39 is 35.8 Å². The second-order valence-electron chi connectivity index (χ2n) is 6.27. The van der Waals surface area contributed by atoms with Gasteiger partial charge in [0.1, 0.15) is 18.6 Å². The fourth-order valence-corrected chi connectivity index (χ4v) is 3.51. The summed E-state index contributed by atoms with van der Waals surface area (Å²) in [5.41, 5.74) is 6.45. The Morgan fingerprint density at radius 3 is 2.50 bits per heavy atom. The standard InChI is InChI=1S/C19H26BrN3O6S/c1-2-29-17(25)9-22-18(26)15(23-16(24)8-7-14(21)19(27)28)11-30-10-12-3-5-13(20)6-4-12/h3-6,14-15H,2,7-11,21H2,1H3,(H,22,26)(H,23,24)(H,27,28)/t14-,15-/m0/s1. The van der Waals surface area contributed by atoms with Crippen LogP contribution in [0.3, 0.4) is 0 Å². The molecule has 2 amide bonds. The summed E-state index contributed by atoms with van der Waals surface area (Å²) in [6.07, 6.45) is -0.184. The third-order valence-corrected chi connectivity index (χ3v) is 5.47. The predicted octanol–water partition coefficient (Wildman–Crippen LogP) is 1.04. The molecule has 0 heterocycles. The van der Waals surface area contributed by atoms with Gasteiger partial charge in [-0.3, -0.25) is 19.2 Å². The summed E-state index contributed by atoms with van der Waals surface area (Å²) in [6.45, 7) is 1.55. The second-order valence-corrected chi connectivity index (χ2v) is 8.21. The summed E-state index contributed by atoms with van der Waals surface area (Å²) in [5.74, 6) is -1.91. The lowest BCUT2D eigenvalue weighted by atomic mass is 10.1. The van der Waals surface area contributed by atoms with Gasteiger partial charge in [0.15, 0.2) is 0 Å². The maximum absolute atomic E-state index is 12.4. The Kier molecular flexibility index (Phi) is 12.1. The number of halogens is 1. The Bertz CT molecular complexity index is 731. The zero-order valence-corrected chi connectivity index (χ0v) is 19.0. The number of esters is 1. The molecule has 2 atom stereocenters. The van der Waals surface area contributed by atoms with Crippen molar-refractivity contribution in [1.82, 2.24) is 10.6 Å². The molecule has 0 saturated heterocycles. The van der Waals surface area contributed by atoms with Crippen LogP contribution in [-0.2, 0) is 29.7 Å². The van der Waals surface area contributed by atoms with E-state index in [1.165, 1.54) is 11.8 Å². The Morgan fingerprint density at radius 2 is 1.90 bits per heavy atom. The van der Waals surface area contributed by atoms with E-state index in [0.29, 0.717) is 5.75 Å². The Labute approximate surface area is 187 Å². The summed E-state index contributed by atoms with van der Waals surface area (Å²) >= 11 is 4.80. The van der Waals surface area contributed by atoms with Gasteiger partial charge in [-0.2, -0.15) is 11.8 Å². The molecule has 0 aliphatic heterocycles. The molecule has 9 nitrogen and oxygen atoms in total. The monoisotopic (exact) mass is 503 g/mol. The van der Waals surface area contributed by atoms with Crippen LogP contribution >= 0.6 is 27.7 Å². The summed E-state index contributed by atoms with van der Waals surface area (Å²) in [5, 5.41) is 13.8. The van der Waals surface area contributed by atoms with Gasteiger partial charge in [-0.15, -0.1) is 0 Å². The maximum atomic E-state index is 12.4. The first-order chi connectivity index (χ1) is 14.2. The first-order valence-corrected chi connectivity index (χ1v) is 11.2. The molecule has 0 bridgehead atoms. The van der Waals surface area contributed by atoms with Crippen molar-refractivity contribution in [3.63, 3.8) is 0 Å². The molecule has 0 aliphatic rings. The van der Waals surface area contributed by atoms with Crippen molar-refractivity contribution in [2.75, 3.05) is 18.9 Å². The molecule has 0 aromatic heterocycles. The van der Waals surface area contributed by atoms with E-state index in [0.717, 1.165) is 10.0 Å². The van der Waals surface area contributed by atoms with E-state index in [1.807, 2.05) is 24.3 Å². The molecule has 30 heavy (non-hydrogen) atoms. The van der Waals surface area contributed by atoms with Gasteiger partial charge in [-0.05, 0) is 31.0 Å². The number of ether oxygens (including phenoxy) is 1. The van der Waals surface area contributed by atoms with Gasteiger partial charge in [0.05, 0.1) is 6.61 Å². The third kappa shape index (κ3) is 10.6. The van der Waals surface area contributed by atoms with Gasteiger partial charge in [-0.1, -0.05) is 28.1 Å². The van der Waals surface area contributed by atoms with Crippen LogP contribution in [0.15, 0.2) is 28.7 Å². The number of carboxylic acid groups (broad SMARTS) is 1. The van der Waals surface area contributed by atoms with Crippen LogP contribution in [0.1, 0.15) is 25.3 Å². The SMILES string of the molecule is CCOC(=O)CNC(=O)[C@H](CSCc1ccc(Br)cc1)NC(=O)CC[C@H](N)C(=O)O. The number of carbonyl (C=O) groups is 4. The van der Waals surface area contributed by atoms with E-state index in [-0.39, 0.29) is 31.7 Å². The van der Waals surface area contributed by atoms with Crippen molar-refractivity contribution in [2.24, 2.45) is 5.73 Å². The van der Waals surface area contributed by atoms with Crippen molar-refractivity contribution in [3.05, 3.63) is 34.3 Å². The Balaban J connectivity index is 2.63. The molecular formula is C19H26BrN3O6S. The number of nitrogens with two attached hydrogens (primary N) is 1. The van der Waals surface area contributed by atoms with Crippen molar-refractivity contribution in [1.29, 1.82) is 0 Å². The molecule has 166 valence electrons.